The summed E-state index contributed by atoms with van der Waals surface area (Å²) in [6, 6.07) is 3.06. The van der Waals surface area contributed by atoms with Crippen LogP contribution in [0.1, 0.15) is 29.7 Å². The first-order valence-electron chi connectivity index (χ1n) is 6.50. The summed E-state index contributed by atoms with van der Waals surface area (Å²) in [6.45, 7) is 10.1. The van der Waals surface area contributed by atoms with Gasteiger partial charge in [-0.15, -0.1) is 0 Å². The highest BCUT2D eigenvalue weighted by atomic mass is 16.5. The van der Waals surface area contributed by atoms with E-state index in [1.54, 1.807) is 19.1 Å². The van der Waals surface area contributed by atoms with E-state index >= 15 is 0 Å². The SMILES string of the molecule is C=C(C)CN(C)[C@@H](C(=O)O)c1cc(C)c(OC)c(C)c1. The van der Waals surface area contributed by atoms with Gasteiger partial charge in [0.15, 0.2) is 0 Å². The number of carboxylic acids is 1. The van der Waals surface area contributed by atoms with Crippen molar-refractivity contribution < 1.29 is 14.6 Å². The molecule has 1 N–H and O–H groups in total. The molecule has 0 heterocycles. The molecule has 1 aromatic rings. The molecule has 0 radical (unpaired) electrons. The normalized spacial score (nSPS) is 12.3. The molecule has 0 saturated carbocycles. The summed E-state index contributed by atoms with van der Waals surface area (Å²) >= 11 is 0. The van der Waals surface area contributed by atoms with Gasteiger partial charge in [0.1, 0.15) is 11.8 Å². The maximum absolute atomic E-state index is 11.6. The van der Waals surface area contributed by atoms with Crippen LogP contribution in [0.2, 0.25) is 0 Å². The van der Waals surface area contributed by atoms with Crippen LogP contribution in [0.15, 0.2) is 24.3 Å². The molecule has 0 aliphatic heterocycles. The predicted octanol–water partition coefficient (Wildman–Crippen LogP) is 2.95. The summed E-state index contributed by atoms with van der Waals surface area (Å²) in [5.74, 6) is -0.0573. The third kappa shape index (κ3) is 3.61. The molecule has 4 nitrogen and oxygen atoms in total. The lowest BCUT2D eigenvalue weighted by atomic mass is 9.99. The van der Waals surface area contributed by atoms with Crippen LogP contribution in [0.5, 0.6) is 5.75 Å². The van der Waals surface area contributed by atoms with Crippen LogP contribution in [-0.2, 0) is 4.79 Å². The van der Waals surface area contributed by atoms with Crippen LogP contribution < -0.4 is 4.74 Å². The fraction of sp³-hybridized carbons (Fsp3) is 0.438. The van der Waals surface area contributed by atoms with E-state index in [0.29, 0.717) is 6.54 Å². The zero-order valence-electron chi connectivity index (χ0n) is 12.9. The lowest BCUT2D eigenvalue weighted by Gasteiger charge is -2.26. The average Bonchev–Trinajstić information content (AvgIpc) is 2.26. The van der Waals surface area contributed by atoms with Crippen molar-refractivity contribution in [2.75, 3.05) is 20.7 Å². The topological polar surface area (TPSA) is 49.8 Å². The Morgan fingerprint density at radius 1 is 1.40 bits per heavy atom. The van der Waals surface area contributed by atoms with E-state index in [4.69, 9.17) is 4.74 Å². The summed E-state index contributed by atoms with van der Waals surface area (Å²) in [5, 5.41) is 9.52. The van der Waals surface area contributed by atoms with E-state index in [2.05, 4.69) is 6.58 Å². The van der Waals surface area contributed by atoms with Crippen LogP contribution in [0.25, 0.3) is 0 Å². The van der Waals surface area contributed by atoms with Gasteiger partial charge < -0.3 is 9.84 Å². The Hall–Kier alpha value is -1.81. The minimum absolute atomic E-state index is 0.543. The minimum atomic E-state index is -0.863. The van der Waals surface area contributed by atoms with E-state index in [1.165, 1.54) is 0 Å². The number of likely N-dealkylation sites (N-methyl/N-ethyl adjacent to an activating group) is 1. The van der Waals surface area contributed by atoms with Crippen molar-refractivity contribution in [3.8, 4) is 5.75 Å². The van der Waals surface area contributed by atoms with E-state index in [0.717, 1.165) is 28.0 Å². The van der Waals surface area contributed by atoms with Gasteiger partial charge in [0.25, 0.3) is 0 Å². The molecule has 0 amide bonds. The minimum Gasteiger partial charge on any atom is -0.496 e. The van der Waals surface area contributed by atoms with Gasteiger partial charge in [-0.05, 0) is 44.5 Å². The highest BCUT2D eigenvalue weighted by molar-refractivity contribution is 5.76. The molecule has 0 bridgehead atoms. The molecule has 1 rings (SSSR count). The molecule has 1 atom stereocenters. The number of carboxylic acid groups (broad SMARTS) is 1. The van der Waals surface area contributed by atoms with Crippen molar-refractivity contribution in [2.24, 2.45) is 0 Å². The molecule has 0 aromatic heterocycles. The number of benzene rings is 1. The lowest BCUT2D eigenvalue weighted by Crippen LogP contribution is -2.32. The average molecular weight is 277 g/mol. The van der Waals surface area contributed by atoms with E-state index in [1.807, 2.05) is 32.9 Å². The lowest BCUT2D eigenvalue weighted by molar-refractivity contribution is -0.142. The summed E-state index contributed by atoms with van der Waals surface area (Å²) in [5.41, 5.74) is 3.58. The molecular formula is C16H23NO3. The Morgan fingerprint density at radius 2 is 1.90 bits per heavy atom. The fourth-order valence-electron chi connectivity index (χ4n) is 2.57. The molecule has 0 fully saturated rings. The monoisotopic (exact) mass is 277 g/mol. The van der Waals surface area contributed by atoms with Gasteiger partial charge >= 0.3 is 5.97 Å². The molecule has 1 aromatic carbocycles. The zero-order valence-corrected chi connectivity index (χ0v) is 12.9. The molecule has 110 valence electrons. The Bertz CT molecular complexity index is 499. The number of nitrogens with zero attached hydrogens (tertiary/aromatic N) is 1. The van der Waals surface area contributed by atoms with Crippen molar-refractivity contribution in [3.63, 3.8) is 0 Å². The number of methoxy groups -OCH3 is 1. The van der Waals surface area contributed by atoms with Crippen LogP contribution >= 0.6 is 0 Å². The smallest absolute Gasteiger partial charge is 0.325 e. The first-order valence-corrected chi connectivity index (χ1v) is 6.50. The molecule has 0 aliphatic carbocycles. The molecule has 4 heteroatoms. The van der Waals surface area contributed by atoms with Crippen molar-refractivity contribution >= 4 is 5.97 Å². The maximum atomic E-state index is 11.6. The molecular weight excluding hydrogens is 254 g/mol. The molecule has 0 spiro atoms. The van der Waals surface area contributed by atoms with Crippen molar-refractivity contribution in [1.29, 1.82) is 0 Å². The quantitative estimate of drug-likeness (QED) is 0.812. The van der Waals surface area contributed by atoms with E-state index in [9.17, 15) is 9.90 Å². The van der Waals surface area contributed by atoms with Gasteiger partial charge in [-0.3, -0.25) is 9.69 Å². The largest absolute Gasteiger partial charge is 0.496 e. The third-order valence-electron chi connectivity index (χ3n) is 3.20. The van der Waals surface area contributed by atoms with Gasteiger partial charge in [0, 0.05) is 6.54 Å². The Balaban J connectivity index is 3.22. The van der Waals surface area contributed by atoms with E-state index in [-0.39, 0.29) is 0 Å². The summed E-state index contributed by atoms with van der Waals surface area (Å²) < 4.78 is 5.32. The van der Waals surface area contributed by atoms with Crippen LogP contribution in [0, 0.1) is 13.8 Å². The number of rotatable bonds is 6. The number of hydrogen-bond acceptors (Lipinski definition) is 3. The fourth-order valence-corrected chi connectivity index (χ4v) is 2.57. The van der Waals surface area contributed by atoms with Crippen molar-refractivity contribution in [2.45, 2.75) is 26.8 Å². The first kappa shape index (κ1) is 16.2. The third-order valence-corrected chi connectivity index (χ3v) is 3.20. The number of aryl methyl sites for hydroxylation is 2. The van der Waals surface area contributed by atoms with Crippen LogP contribution in [0.4, 0.5) is 0 Å². The highest BCUT2D eigenvalue weighted by Crippen LogP contribution is 2.29. The Kier molecular flexibility index (Phi) is 5.34. The summed E-state index contributed by atoms with van der Waals surface area (Å²) in [7, 11) is 3.42. The molecule has 0 saturated heterocycles. The second-order valence-electron chi connectivity index (χ2n) is 5.30. The highest BCUT2D eigenvalue weighted by Gasteiger charge is 2.25. The molecule has 20 heavy (non-hydrogen) atoms. The van der Waals surface area contributed by atoms with Gasteiger partial charge in [0.05, 0.1) is 7.11 Å². The van der Waals surface area contributed by atoms with Crippen LogP contribution in [0.3, 0.4) is 0 Å². The van der Waals surface area contributed by atoms with Crippen LogP contribution in [-0.4, -0.2) is 36.7 Å². The number of hydrogen-bond donors (Lipinski definition) is 1. The number of ether oxygens (including phenoxy) is 1. The standard InChI is InChI=1S/C16H23NO3/c1-10(2)9-17(5)14(16(18)19)13-7-11(3)15(20-6)12(4)8-13/h7-8,14H,1,9H2,2-6H3,(H,18,19)/t14-/m1/s1. The molecule has 0 aliphatic rings. The van der Waals surface area contributed by atoms with Gasteiger partial charge in [0.2, 0.25) is 0 Å². The van der Waals surface area contributed by atoms with Crippen molar-refractivity contribution in [3.05, 3.63) is 41.0 Å². The van der Waals surface area contributed by atoms with Gasteiger partial charge in [-0.25, -0.2) is 0 Å². The summed E-state index contributed by atoms with van der Waals surface area (Å²) in [4.78, 5) is 13.4. The van der Waals surface area contributed by atoms with E-state index < -0.39 is 12.0 Å². The first-order chi connectivity index (χ1) is 9.27. The van der Waals surface area contributed by atoms with Gasteiger partial charge in [-0.2, -0.15) is 0 Å². The molecule has 0 unspecified atom stereocenters. The maximum Gasteiger partial charge on any atom is 0.325 e. The Morgan fingerprint density at radius 3 is 2.25 bits per heavy atom. The summed E-state index contributed by atoms with van der Waals surface area (Å²) in [6.07, 6.45) is 0. The second-order valence-corrected chi connectivity index (χ2v) is 5.30. The zero-order chi connectivity index (χ0) is 15.4. The predicted molar refractivity (Wildman–Crippen MR) is 80.3 cm³/mol. The number of carbonyl (C=O) groups is 1. The number of aliphatic carboxylic acids is 1. The Labute approximate surface area is 120 Å². The van der Waals surface area contributed by atoms with Gasteiger partial charge in [-0.1, -0.05) is 24.3 Å². The van der Waals surface area contributed by atoms with Crippen molar-refractivity contribution in [1.82, 2.24) is 4.90 Å². The second kappa shape index (κ2) is 6.57.